The standard InChI is InChI=1S/C13H17ClN6O3S/c1-9(24(21,22)23)12-8-17-20(18-12)11-2-4-19(5-3-11)13-15-6-10(14)7-16-13/h6-9,11H,2-5H2,1H3,(H,21,22,23). The summed E-state index contributed by atoms with van der Waals surface area (Å²) in [6, 6.07) is 0.0656. The third-order valence-electron chi connectivity index (χ3n) is 4.07. The van der Waals surface area contributed by atoms with E-state index in [1.54, 1.807) is 12.4 Å². The Morgan fingerprint density at radius 1 is 1.25 bits per heavy atom. The van der Waals surface area contributed by atoms with E-state index in [1.807, 2.05) is 0 Å². The van der Waals surface area contributed by atoms with E-state index in [2.05, 4.69) is 25.1 Å². The van der Waals surface area contributed by atoms with E-state index >= 15 is 0 Å². The van der Waals surface area contributed by atoms with Crippen LogP contribution in [0.1, 0.15) is 36.8 Å². The van der Waals surface area contributed by atoms with Gasteiger partial charge in [-0.15, -0.1) is 0 Å². The lowest BCUT2D eigenvalue weighted by Crippen LogP contribution is -2.36. The number of piperidine rings is 1. The molecule has 0 saturated carbocycles. The lowest BCUT2D eigenvalue weighted by Gasteiger charge is -2.31. The lowest BCUT2D eigenvalue weighted by molar-refractivity contribution is 0.330. The van der Waals surface area contributed by atoms with E-state index in [4.69, 9.17) is 16.2 Å². The minimum absolute atomic E-state index is 0.0656. The quantitative estimate of drug-likeness (QED) is 0.803. The normalized spacial score (nSPS) is 17.9. The Labute approximate surface area is 144 Å². The van der Waals surface area contributed by atoms with E-state index in [0.717, 1.165) is 25.9 Å². The number of hydrogen-bond acceptors (Lipinski definition) is 7. The van der Waals surface area contributed by atoms with Gasteiger partial charge in [0.15, 0.2) is 0 Å². The maximum atomic E-state index is 11.2. The molecule has 2 aromatic rings. The molecule has 1 unspecified atom stereocenters. The molecule has 1 fully saturated rings. The monoisotopic (exact) mass is 372 g/mol. The Morgan fingerprint density at radius 3 is 2.46 bits per heavy atom. The van der Waals surface area contributed by atoms with Crippen LogP contribution in [0, 0.1) is 0 Å². The minimum Gasteiger partial charge on any atom is -0.341 e. The third kappa shape index (κ3) is 3.65. The molecule has 3 rings (SSSR count). The van der Waals surface area contributed by atoms with Crippen LogP contribution in [0.15, 0.2) is 18.6 Å². The first-order chi connectivity index (χ1) is 11.3. The Morgan fingerprint density at radius 2 is 1.88 bits per heavy atom. The first kappa shape index (κ1) is 17.1. The van der Waals surface area contributed by atoms with Crippen molar-refractivity contribution in [1.82, 2.24) is 25.0 Å². The molecule has 130 valence electrons. The van der Waals surface area contributed by atoms with Gasteiger partial charge in [0.05, 0.1) is 29.7 Å². The molecular formula is C13H17ClN6O3S. The van der Waals surface area contributed by atoms with Crippen LogP contribution in [0.3, 0.4) is 0 Å². The van der Waals surface area contributed by atoms with Crippen molar-refractivity contribution in [1.29, 1.82) is 0 Å². The maximum Gasteiger partial charge on any atom is 0.273 e. The molecule has 0 aromatic carbocycles. The van der Waals surface area contributed by atoms with Crippen molar-refractivity contribution in [2.75, 3.05) is 18.0 Å². The summed E-state index contributed by atoms with van der Waals surface area (Å²) in [5, 5.41) is 7.76. The number of aromatic nitrogens is 5. The van der Waals surface area contributed by atoms with Gasteiger partial charge in [0.25, 0.3) is 10.1 Å². The summed E-state index contributed by atoms with van der Waals surface area (Å²) in [6.45, 7) is 2.85. The van der Waals surface area contributed by atoms with Gasteiger partial charge < -0.3 is 4.90 Å². The van der Waals surface area contributed by atoms with Gasteiger partial charge in [0, 0.05) is 13.1 Å². The molecule has 24 heavy (non-hydrogen) atoms. The Bertz CT molecular complexity index is 801. The van der Waals surface area contributed by atoms with Gasteiger partial charge in [-0.3, -0.25) is 4.55 Å². The smallest absolute Gasteiger partial charge is 0.273 e. The highest BCUT2D eigenvalue weighted by atomic mass is 35.5. The predicted octanol–water partition coefficient (Wildman–Crippen LogP) is 1.51. The molecule has 1 saturated heterocycles. The molecule has 9 nitrogen and oxygen atoms in total. The van der Waals surface area contributed by atoms with Crippen LogP contribution >= 0.6 is 11.6 Å². The van der Waals surface area contributed by atoms with Crippen LogP contribution < -0.4 is 4.90 Å². The van der Waals surface area contributed by atoms with E-state index in [0.29, 0.717) is 11.0 Å². The predicted molar refractivity (Wildman–Crippen MR) is 87.5 cm³/mol. The Hall–Kier alpha value is -1.78. The molecule has 2 aromatic heterocycles. The van der Waals surface area contributed by atoms with E-state index in [1.165, 1.54) is 17.9 Å². The number of halogens is 1. The largest absolute Gasteiger partial charge is 0.341 e. The zero-order valence-electron chi connectivity index (χ0n) is 12.9. The van der Waals surface area contributed by atoms with Gasteiger partial charge in [-0.25, -0.2) is 9.97 Å². The van der Waals surface area contributed by atoms with Crippen LogP contribution in [-0.4, -0.2) is 51.0 Å². The molecule has 1 N–H and O–H groups in total. The van der Waals surface area contributed by atoms with E-state index < -0.39 is 15.4 Å². The summed E-state index contributed by atoms with van der Waals surface area (Å²) in [5.74, 6) is 0.631. The van der Waals surface area contributed by atoms with E-state index in [-0.39, 0.29) is 11.7 Å². The molecule has 0 aliphatic carbocycles. The van der Waals surface area contributed by atoms with Crippen LogP contribution in [-0.2, 0) is 10.1 Å². The zero-order valence-corrected chi connectivity index (χ0v) is 14.5. The number of nitrogens with zero attached hydrogens (tertiary/aromatic N) is 6. The van der Waals surface area contributed by atoms with Gasteiger partial charge in [-0.05, 0) is 19.8 Å². The summed E-state index contributed by atoms with van der Waals surface area (Å²) < 4.78 is 31.5. The molecule has 0 spiro atoms. The van der Waals surface area contributed by atoms with Gasteiger partial charge in [-0.1, -0.05) is 11.6 Å². The van der Waals surface area contributed by atoms with Crippen molar-refractivity contribution in [3.05, 3.63) is 29.3 Å². The average molecular weight is 373 g/mol. The third-order valence-corrected chi connectivity index (χ3v) is 5.40. The molecule has 0 bridgehead atoms. The molecule has 0 radical (unpaired) electrons. The van der Waals surface area contributed by atoms with Gasteiger partial charge in [0.2, 0.25) is 5.95 Å². The fourth-order valence-corrected chi connectivity index (χ4v) is 3.08. The van der Waals surface area contributed by atoms with Crippen LogP contribution in [0.2, 0.25) is 5.02 Å². The van der Waals surface area contributed by atoms with Gasteiger partial charge in [-0.2, -0.15) is 23.4 Å². The van der Waals surface area contributed by atoms with Crippen LogP contribution in [0.5, 0.6) is 0 Å². The van der Waals surface area contributed by atoms with Gasteiger partial charge in [0.1, 0.15) is 10.9 Å². The SMILES string of the molecule is CC(c1cnn(C2CCN(c3ncc(Cl)cn3)CC2)n1)S(=O)(=O)O. The Kier molecular flexibility index (Phi) is 4.70. The second kappa shape index (κ2) is 6.61. The van der Waals surface area contributed by atoms with Crippen molar-refractivity contribution >= 4 is 27.7 Å². The highest BCUT2D eigenvalue weighted by Crippen LogP contribution is 2.25. The van der Waals surface area contributed by atoms with Crippen molar-refractivity contribution < 1.29 is 13.0 Å². The van der Waals surface area contributed by atoms with Crippen LogP contribution in [0.4, 0.5) is 5.95 Å². The molecular weight excluding hydrogens is 356 g/mol. The lowest BCUT2D eigenvalue weighted by atomic mass is 10.1. The van der Waals surface area contributed by atoms with Crippen molar-refractivity contribution in [3.8, 4) is 0 Å². The highest BCUT2D eigenvalue weighted by molar-refractivity contribution is 7.86. The van der Waals surface area contributed by atoms with Crippen LogP contribution in [0.25, 0.3) is 0 Å². The summed E-state index contributed by atoms with van der Waals surface area (Å²) >= 11 is 5.79. The molecule has 11 heteroatoms. The first-order valence-corrected chi connectivity index (χ1v) is 9.33. The van der Waals surface area contributed by atoms with Crippen molar-refractivity contribution in [3.63, 3.8) is 0 Å². The molecule has 1 aliphatic rings. The molecule has 3 heterocycles. The highest BCUT2D eigenvalue weighted by Gasteiger charge is 2.27. The molecule has 0 amide bonds. The minimum atomic E-state index is -4.17. The second-order valence-corrected chi connectivity index (χ2v) is 7.84. The molecule has 1 aliphatic heterocycles. The fourth-order valence-electron chi connectivity index (χ4n) is 2.57. The average Bonchev–Trinajstić information content (AvgIpc) is 3.04. The fraction of sp³-hybridized carbons (Fsp3) is 0.538. The number of anilines is 1. The topological polar surface area (TPSA) is 114 Å². The zero-order chi connectivity index (χ0) is 17.3. The second-order valence-electron chi connectivity index (χ2n) is 5.67. The van der Waals surface area contributed by atoms with Crippen molar-refractivity contribution in [2.24, 2.45) is 0 Å². The molecule has 1 atom stereocenters. The number of hydrogen-bond donors (Lipinski definition) is 1. The maximum absolute atomic E-state index is 11.2. The summed E-state index contributed by atoms with van der Waals surface area (Å²) in [4.78, 5) is 12.0. The van der Waals surface area contributed by atoms with Gasteiger partial charge >= 0.3 is 0 Å². The summed E-state index contributed by atoms with van der Waals surface area (Å²) in [6.07, 6.45) is 6.07. The summed E-state index contributed by atoms with van der Waals surface area (Å²) in [7, 11) is -4.17. The first-order valence-electron chi connectivity index (χ1n) is 7.45. The van der Waals surface area contributed by atoms with E-state index in [9.17, 15) is 8.42 Å². The number of rotatable bonds is 4. The summed E-state index contributed by atoms with van der Waals surface area (Å²) in [5.41, 5.74) is 0.237. The van der Waals surface area contributed by atoms with Crippen molar-refractivity contribution in [2.45, 2.75) is 31.1 Å². The Balaban J connectivity index is 1.65.